The summed E-state index contributed by atoms with van der Waals surface area (Å²) in [4.78, 5) is 0. The second kappa shape index (κ2) is 7.27. The lowest BCUT2D eigenvalue weighted by molar-refractivity contribution is 0.285. The Morgan fingerprint density at radius 1 is 1.50 bits per heavy atom. The zero-order valence-electron chi connectivity index (χ0n) is 5.18. The van der Waals surface area contributed by atoms with E-state index in [1.165, 1.54) is 0 Å². The molecule has 0 aromatic carbocycles. The van der Waals surface area contributed by atoms with Crippen LogP contribution in [-0.2, 0) is 0 Å². The normalized spacial score (nSPS) is 9.75. The predicted octanol–water partition coefficient (Wildman–Crippen LogP) is 0.626. The summed E-state index contributed by atoms with van der Waals surface area (Å²) in [7, 11) is 0. The van der Waals surface area contributed by atoms with Gasteiger partial charge in [0.2, 0.25) is 0 Å². The van der Waals surface area contributed by atoms with Gasteiger partial charge < -0.3 is 5.11 Å². The van der Waals surface area contributed by atoms with Gasteiger partial charge in [0.25, 0.3) is 0 Å². The number of unbranched alkanes of at least 4 members (excludes halogenated alkanes) is 1. The molecule has 0 spiro atoms. The van der Waals surface area contributed by atoms with Gasteiger partial charge in [0, 0.05) is 13.2 Å². The predicted molar refractivity (Wildman–Crippen MR) is 37.8 cm³/mol. The van der Waals surface area contributed by atoms with Crippen molar-refractivity contribution >= 4 is 11.9 Å². The largest absolute Gasteiger partial charge is 0.396 e. The van der Waals surface area contributed by atoms with E-state index >= 15 is 0 Å². The number of aliphatic hydroxyl groups is 1. The van der Waals surface area contributed by atoms with Crippen molar-refractivity contribution in [2.24, 2.45) is 0 Å². The summed E-state index contributed by atoms with van der Waals surface area (Å²) in [6, 6.07) is 0. The van der Waals surface area contributed by atoms with Crippen molar-refractivity contribution in [1.29, 1.82) is 0 Å². The highest BCUT2D eigenvalue weighted by Crippen LogP contribution is 1.87. The number of hydrogen-bond donors (Lipinski definition) is 2. The molecule has 50 valence electrons. The third kappa shape index (κ3) is 6.27. The van der Waals surface area contributed by atoms with Gasteiger partial charge in [-0.3, -0.25) is 4.72 Å². The third-order valence-corrected chi connectivity index (χ3v) is 1.32. The lowest BCUT2D eigenvalue weighted by Gasteiger charge is -1.96. The van der Waals surface area contributed by atoms with E-state index < -0.39 is 0 Å². The van der Waals surface area contributed by atoms with Gasteiger partial charge in [-0.15, -0.1) is 0 Å². The molecule has 0 aromatic rings. The van der Waals surface area contributed by atoms with Crippen LogP contribution in [0, 0.1) is 0 Å². The van der Waals surface area contributed by atoms with Gasteiger partial charge in [0.05, 0.1) is 0 Å². The Hall–Kier alpha value is 0.270. The molecule has 0 aliphatic carbocycles. The molecule has 3 heteroatoms. The van der Waals surface area contributed by atoms with Crippen LogP contribution in [0.2, 0.25) is 0 Å². The highest BCUT2D eigenvalue weighted by Gasteiger charge is 1.82. The highest BCUT2D eigenvalue weighted by molar-refractivity contribution is 7.96. The van der Waals surface area contributed by atoms with Crippen LogP contribution in [-0.4, -0.2) is 24.5 Å². The van der Waals surface area contributed by atoms with Crippen molar-refractivity contribution in [2.75, 3.05) is 19.4 Å². The molecule has 0 fully saturated rings. The summed E-state index contributed by atoms with van der Waals surface area (Å²) in [6.07, 6.45) is 3.98. The molecule has 0 aromatic heterocycles. The van der Waals surface area contributed by atoms with Crippen LogP contribution >= 0.6 is 11.9 Å². The Morgan fingerprint density at radius 2 is 2.25 bits per heavy atom. The Labute approximate surface area is 54.8 Å². The summed E-state index contributed by atoms with van der Waals surface area (Å²) >= 11 is 1.62. The quantitative estimate of drug-likeness (QED) is 0.428. The van der Waals surface area contributed by atoms with Crippen molar-refractivity contribution in [3.8, 4) is 0 Å². The fraction of sp³-hybridized carbons (Fsp3) is 1.00. The van der Waals surface area contributed by atoms with Crippen molar-refractivity contribution in [2.45, 2.75) is 12.8 Å². The van der Waals surface area contributed by atoms with Crippen LogP contribution in [0.5, 0.6) is 0 Å². The molecule has 0 heterocycles. The van der Waals surface area contributed by atoms with Crippen LogP contribution in [0.3, 0.4) is 0 Å². The first kappa shape index (κ1) is 8.27. The molecule has 0 amide bonds. The van der Waals surface area contributed by atoms with Crippen molar-refractivity contribution in [3.05, 3.63) is 0 Å². The van der Waals surface area contributed by atoms with Gasteiger partial charge >= 0.3 is 0 Å². The molecule has 8 heavy (non-hydrogen) atoms. The zero-order chi connectivity index (χ0) is 6.24. The first-order valence-electron chi connectivity index (χ1n) is 2.78. The summed E-state index contributed by atoms with van der Waals surface area (Å²) in [6.45, 7) is 1.32. The molecule has 0 atom stereocenters. The molecule has 0 aliphatic heterocycles. The molecule has 0 radical (unpaired) electrons. The molecule has 0 saturated heterocycles. The van der Waals surface area contributed by atoms with Crippen LogP contribution < -0.4 is 4.72 Å². The molecule has 2 nitrogen and oxygen atoms in total. The Balaban J connectivity index is 2.53. The Bertz CT molecular complexity index is 37.4. The van der Waals surface area contributed by atoms with E-state index in [1.807, 2.05) is 6.26 Å². The fourth-order valence-electron chi connectivity index (χ4n) is 0.411. The molecule has 2 N–H and O–H groups in total. The number of nitrogens with one attached hydrogen (secondary N) is 1. The van der Waals surface area contributed by atoms with Crippen LogP contribution in [0.4, 0.5) is 0 Å². The molecule has 0 unspecified atom stereocenters. The summed E-state index contributed by atoms with van der Waals surface area (Å²) in [5.41, 5.74) is 0. The summed E-state index contributed by atoms with van der Waals surface area (Å²) in [5.74, 6) is 0. The van der Waals surface area contributed by atoms with Gasteiger partial charge in [-0.05, 0) is 19.1 Å². The Kier molecular flexibility index (Phi) is 7.52. The lowest BCUT2D eigenvalue weighted by atomic mass is 10.3. The first-order valence-corrected chi connectivity index (χ1v) is 4.01. The van der Waals surface area contributed by atoms with Crippen LogP contribution in [0.25, 0.3) is 0 Å². The maximum absolute atomic E-state index is 8.33. The third-order valence-electron chi connectivity index (χ3n) is 0.831. The maximum Gasteiger partial charge on any atom is 0.0431 e. The smallest absolute Gasteiger partial charge is 0.0431 e. The average Bonchev–Trinajstić information content (AvgIpc) is 1.81. The van der Waals surface area contributed by atoms with Crippen molar-refractivity contribution in [1.82, 2.24) is 4.72 Å². The van der Waals surface area contributed by atoms with E-state index in [0.29, 0.717) is 6.61 Å². The fourth-order valence-corrected chi connectivity index (χ4v) is 0.759. The lowest BCUT2D eigenvalue weighted by Crippen LogP contribution is -2.04. The maximum atomic E-state index is 8.33. The van der Waals surface area contributed by atoms with E-state index in [9.17, 15) is 0 Å². The topological polar surface area (TPSA) is 32.3 Å². The molecular weight excluding hydrogens is 122 g/mol. The van der Waals surface area contributed by atoms with Gasteiger partial charge in [0.15, 0.2) is 0 Å². The minimum atomic E-state index is 0.316. The second-order valence-electron chi connectivity index (χ2n) is 1.53. The zero-order valence-corrected chi connectivity index (χ0v) is 6.00. The number of rotatable bonds is 5. The van der Waals surface area contributed by atoms with Crippen LogP contribution in [0.15, 0.2) is 0 Å². The summed E-state index contributed by atoms with van der Waals surface area (Å²) in [5, 5.41) is 8.33. The SMILES string of the molecule is CSNCCCCO. The molecule has 0 aliphatic rings. The molecule has 0 saturated carbocycles. The van der Waals surface area contributed by atoms with Gasteiger partial charge in [-0.25, -0.2) is 0 Å². The van der Waals surface area contributed by atoms with E-state index in [1.54, 1.807) is 11.9 Å². The van der Waals surface area contributed by atoms with Gasteiger partial charge in [-0.1, -0.05) is 11.9 Å². The summed E-state index contributed by atoms with van der Waals surface area (Å²) < 4.78 is 3.09. The van der Waals surface area contributed by atoms with E-state index in [4.69, 9.17) is 5.11 Å². The molecule has 0 rings (SSSR count). The monoisotopic (exact) mass is 135 g/mol. The van der Waals surface area contributed by atoms with Crippen molar-refractivity contribution in [3.63, 3.8) is 0 Å². The number of aliphatic hydroxyl groups excluding tert-OH is 1. The van der Waals surface area contributed by atoms with Gasteiger partial charge in [0.1, 0.15) is 0 Å². The minimum absolute atomic E-state index is 0.316. The standard InChI is InChI=1S/C5H13NOS/c1-8-6-4-2-3-5-7/h6-7H,2-5H2,1H3. The van der Waals surface area contributed by atoms with E-state index in [-0.39, 0.29) is 0 Å². The average molecular weight is 135 g/mol. The van der Waals surface area contributed by atoms with Crippen molar-refractivity contribution < 1.29 is 5.11 Å². The van der Waals surface area contributed by atoms with E-state index in [0.717, 1.165) is 19.4 Å². The van der Waals surface area contributed by atoms with Gasteiger partial charge in [-0.2, -0.15) is 0 Å². The Morgan fingerprint density at radius 3 is 2.75 bits per heavy atom. The highest BCUT2D eigenvalue weighted by atomic mass is 32.2. The second-order valence-corrected chi connectivity index (χ2v) is 2.23. The molecule has 0 bridgehead atoms. The number of hydrogen-bond acceptors (Lipinski definition) is 3. The first-order chi connectivity index (χ1) is 3.91. The molecular formula is C5H13NOS. The minimum Gasteiger partial charge on any atom is -0.396 e. The van der Waals surface area contributed by atoms with E-state index in [2.05, 4.69) is 4.72 Å². The van der Waals surface area contributed by atoms with Crippen LogP contribution in [0.1, 0.15) is 12.8 Å².